The molecule has 2 heteroatoms. The van der Waals surface area contributed by atoms with E-state index in [9.17, 15) is 0 Å². The lowest BCUT2D eigenvalue weighted by molar-refractivity contribution is 0.607. The maximum atomic E-state index is 8.06. The molecule has 0 N–H and O–H groups in total. The van der Waals surface area contributed by atoms with E-state index in [0.717, 1.165) is 0 Å². The van der Waals surface area contributed by atoms with Crippen molar-refractivity contribution in [3.05, 3.63) is 132 Å². The maximum Gasteiger partial charge on any atom is 0.138 e. The molecule has 0 radical (unpaired) electrons. The van der Waals surface area contributed by atoms with Crippen LogP contribution >= 0.6 is 9.12 Å². The lowest BCUT2D eigenvalue weighted by Crippen LogP contribution is -1.96. The molecule has 0 heterocycles. The van der Waals surface area contributed by atoms with Crippen molar-refractivity contribution in [1.29, 1.82) is 0 Å². The van der Waals surface area contributed by atoms with Crippen molar-refractivity contribution in [3.63, 3.8) is 0 Å². The summed E-state index contributed by atoms with van der Waals surface area (Å²) < 4.78 is 8.06. The van der Waals surface area contributed by atoms with Crippen LogP contribution in [-0.4, -0.2) is 0 Å². The lowest BCUT2D eigenvalue weighted by atomic mass is 9.82. The van der Waals surface area contributed by atoms with Crippen LogP contribution in [0.15, 0.2) is 115 Å². The number of hydrogen-bond acceptors (Lipinski definition) is 1. The van der Waals surface area contributed by atoms with E-state index >= 15 is 0 Å². The molecule has 5 aromatic rings. The topological polar surface area (TPSA) is 17.1 Å². The summed E-state index contributed by atoms with van der Waals surface area (Å²) in [4.78, 5) is 0. The van der Waals surface area contributed by atoms with E-state index in [1.807, 2.05) is 0 Å². The highest BCUT2D eigenvalue weighted by molar-refractivity contribution is 7.00. The van der Waals surface area contributed by atoms with Crippen LogP contribution in [-0.2, 0) is 4.57 Å². The Morgan fingerprint density at radius 1 is 0.400 bits per heavy atom. The van der Waals surface area contributed by atoms with E-state index in [4.69, 9.17) is 4.57 Å². The van der Waals surface area contributed by atoms with Crippen molar-refractivity contribution in [1.82, 2.24) is 0 Å². The van der Waals surface area contributed by atoms with Gasteiger partial charge in [-0.1, -0.05) is 103 Å². The Bertz CT molecular complexity index is 1390. The van der Waals surface area contributed by atoms with E-state index in [1.165, 1.54) is 61.2 Å². The molecule has 35 heavy (non-hydrogen) atoms. The molecular weight excluding hydrogens is 443 g/mol. The van der Waals surface area contributed by atoms with Crippen LogP contribution in [0.5, 0.6) is 0 Å². The first-order chi connectivity index (χ1) is 17.1. The van der Waals surface area contributed by atoms with Crippen LogP contribution in [0.2, 0.25) is 0 Å². The molecule has 172 valence electrons. The first-order valence-electron chi connectivity index (χ1n) is 11.8. The van der Waals surface area contributed by atoms with Gasteiger partial charge in [0.25, 0.3) is 0 Å². The number of hydrogen-bond donors (Lipinski definition) is 0. The third-order valence-electron chi connectivity index (χ3n) is 6.53. The van der Waals surface area contributed by atoms with Crippen molar-refractivity contribution in [2.75, 3.05) is 0 Å². The van der Waals surface area contributed by atoms with Gasteiger partial charge in [0.1, 0.15) is 9.12 Å². The van der Waals surface area contributed by atoms with Gasteiger partial charge < -0.3 is 0 Å². The zero-order valence-corrected chi connectivity index (χ0v) is 21.4. The van der Waals surface area contributed by atoms with Gasteiger partial charge in [-0.05, 0) is 94.1 Å². The van der Waals surface area contributed by atoms with Crippen molar-refractivity contribution in [2.24, 2.45) is 0 Å². The lowest BCUT2D eigenvalue weighted by Gasteiger charge is -2.21. The Labute approximate surface area is 210 Å². The highest BCUT2D eigenvalue weighted by Crippen LogP contribution is 2.45. The molecule has 0 saturated heterocycles. The van der Waals surface area contributed by atoms with E-state index in [2.05, 4.69) is 136 Å². The van der Waals surface area contributed by atoms with Crippen molar-refractivity contribution in [3.8, 4) is 44.5 Å². The molecule has 5 rings (SSSR count). The smallest absolute Gasteiger partial charge is 0.138 e. The fourth-order valence-electron chi connectivity index (χ4n) is 4.79. The molecule has 0 aliphatic carbocycles. The monoisotopic (exact) mass is 472 g/mol. The van der Waals surface area contributed by atoms with Gasteiger partial charge in [-0.15, -0.1) is 0 Å². The van der Waals surface area contributed by atoms with Gasteiger partial charge in [0.05, 0.1) is 0 Å². The van der Waals surface area contributed by atoms with Gasteiger partial charge in [-0.3, -0.25) is 4.57 Å². The molecule has 5 aromatic carbocycles. The molecule has 1 nitrogen and oxygen atoms in total. The van der Waals surface area contributed by atoms with E-state index < -0.39 is 0 Å². The normalized spacial score (nSPS) is 10.4. The standard InChI is InChI=1S/C33H28.HOP/c1-23-13-7-10-18-28(23)27-21-31(29-19-11-8-14-24(29)2)33(26-16-5-4-6-17-26)32(22-27)30-20-12-9-15-25(30)3;1-2/h4-22H,1-3H3;2H. The molecular formula is C33H29OP. The molecule has 0 unspecified atom stereocenters. The van der Waals surface area contributed by atoms with Crippen molar-refractivity contribution >= 4 is 9.12 Å². The zero-order valence-electron chi connectivity index (χ0n) is 20.4. The van der Waals surface area contributed by atoms with Gasteiger partial charge in [0.15, 0.2) is 0 Å². The molecule has 0 bridgehead atoms. The molecule has 0 amide bonds. The third-order valence-corrected chi connectivity index (χ3v) is 6.53. The second-order valence-electron chi connectivity index (χ2n) is 8.76. The Balaban J connectivity index is 0.00000141. The van der Waals surface area contributed by atoms with E-state index in [0.29, 0.717) is 0 Å². The number of rotatable bonds is 4. The van der Waals surface area contributed by atoms with Crippen LogP contribution in [0.1, 0.15) is 16.7 Å². The summed E-state index contributed by atoms with van der Waals surface area (Å²) in [6, 6.07) is 41.7. The number of benzene rings is 5. The SMILES string of the molecule is Cc1ccccc1-c1cc(-c2ccccc2C)c(-c2ccccc2)c(-c2ccccc2C)c1.O=P. The van der Waals surface area contributed by atoms with E-state index in [-0.39, 0.29) is 0 Å². The summed E-state index contributed by atoms with van der Waals surface area (Å²) in [5.74, 6) is 0. The molecule has 0 aliphatic heterocycles. The Kier molecular flexibility index (Phi) is 7.70. The van der Waals surface area contributed by atoms with Crippen LogP contribution in [0.3, 0.4) is 0 Å². The molecule has 0 aromatic heterocycles. The average Bonchev–Trinajstić information content (AvgIpc) is 2.90. The molecule has 0 spiro atoms. The number of aryl methyl sites for hydroxylation is 3. The Hall–Kier alpha value is -3.80. The average molecular weight is 473 g/mol. The Morgan fingerprint density at radius 2 is 0.771 bits per heavy atom. The second kappa shape index (κ2) is 11.1. The molecule has 0 aliphatic rings. The highest BCUT2D eigenvalue weighted by atomic mass is 31.0. The maximum absolute atomic E-state index is 8.06. The van der Waals surface area contributed by atoms with Gasteiger partial charge >= 0.3 is 0 Å². The van der Waals surface area contributed by atoms with Crippen LogP contribution in [0.4, 0.5) is 0 Å². The minimum atomic E-state index is 1.24. The molecule has 0 fully saturated rings. The molecule has 0 saturated carbocycles. The van der Waals surface area contributed by atoms with Crippen molar-refractivity contribution < 1.29 is 4.57 Å². The summed E-state index contributed by atoms with van der Waals surface area (Å²) in [6.07, 6.45) is 0. The first kappa shape index (κ1) is 24.3. The largest absolute Gasteiger partial charge is 0.279 e. The van der Waals surface area contributed by atoms with Gasteiger partial charge in [0, 0.05) is 0 Å². The fraction of sp³-hybridized carbons (Fsp3) is 0.0909. The van der Waals surface area contributed by atoms with E-state index in [1.54, 1.807) is 9.12 Å². The second-order valence-corrected chi connectivity index (χ2v) is 8.76. The van der Waals surface area contributed by atoms with Crippen molar-refractivity contribution in [2.45, 2.75) is 20.8 Å². The predicted octanol–water partition coefficient (Wildman–Crippen LogP) is 9.75. The highest BCUT2D eigenvalue weighted by Gasteiger charge is 2.19. The quantitative estimate of drug-likeness (QED) is 0.238. The first-order valence-corrected chi connectivity index (χ1v) is 12.2. The summed E-state index contributed by atoms with van der Waals surface area (Å²) in [6.45, 7) is 6.61. The third kappa shape index (κ3) is 5.02. The summed E-state index contributed by atoms with van der Waals surface area (Å²) in [5, 5.41) is 0. The van der Waals surface area contributed by atoms with Crippen LogP contribution < -0.4 is 0 Å². The Morgan fingerprint density at radius 3 is 1.20 bits per heavy atom. The molecule has 0 atom stereocenters. The summed E-state index contributed by atoms with van der Waals surface area (Å²) in [7, 11) is 1.72. The minimum absolute atomic E-state index is 1.24. The summed E-state index contributed by atoms with van der Waals surface area (Å²) >= 11 is 0. The predicted molar refractivity (Wildman–Crippen MR) is 151 cm³/mol. The zero-order chi connectivity index (χ0) is 24.8. The fourth-order valence-corrected chi connectivity index (χ4v) is 4.79. The van der Waals surface area contributed by atoms with Gasteiger partial charge in [-0.25, -0.2) is 0 Å². The van der Waals surface area contributed by atoms with Gasteiger partial charge in [0.2, 0.25) is 0 Å². The minimum Gasteiger partial charge on any atom is -0.279 e. The summed E-state index contributed by atoms with van der Waals surface area (Å²) in [5.41, 5.74) is 14.0. The van der Waals surface area contributed by atoms with Crippen LogP contribution in [0.25, 0.3) is 44.5 Å². The van der Waals surface area contributed by atoms with Gasteiger partial charge in [-0.2, -0.15) is 0 Å². The van der Waals surface area contributed by atoms with Crippen LogP contribution in [0, 0.1) is 20.8 Å².